The molecule has 17 heavy (non-hydrogen) atoms. The second-order valence-corrected chi connectivity index (χ2v) is 4.93. The Hall–Kier alpha value is -1.04. The lowest BCUT2D eigenvalue weighted by Gasteiger charge is -2.26. The molecule has 1 unspecified atom stereocenters. The molecule has 0 radical (unpaired) electrons. The van der Waals surface area contributed by atoms with E-state index < -0.39 is 23.2 Å². The summed E-state index contributed by atoms with van der Waals surface area (Å²) >= 11 is 4.09. The van der Waals surface area contributed by atoms with Crippen LogP contribution in [0.25, 0.3) is 0 Å². The summed E-state index contributed by atoms with van der Waals surface area (Å²) in [5.74, 6) is -2.05. The first kappa shape index (κ1) is 14.0. The second kappa shape index (κ2) is 5.53. The second-order valence-electron chi connectivity index (χ2n) is 4.37. The van der Waals surface area contributed by atoms with Gasteiger partial charge >= 0.3 is 5.97 Å². The van der Waals surface area contributed by atoms with Crippen LogP contribution in [0.15, 0.2) is 0 Å². The van der Waals surface area contributed by atoms with E-state index in [1.807, 2.05) is 0 Å². The molecule has 1 aliphatic rings. The Balaban J connectivity index is 2.75. The van der Waals surface area contributed by atoms with E-state index in [-0.39, 0.29) is 11.7 Å². The number of carboxylic acid groups (broad SMARTS) is 1. The smallest absolute Gasteiger partial charge is 0.326 e. The first-order valence-electron chi connectivity index (χ1n) is 5.58. The highest BCUT2D eigenvalue weighted by atomic mass is 32.1. The molecule has 0 bridgehead atoms. The Morgan fingerprint density at radius 3 is 2.47 bits per heavy atom. The highest BCUT2D eigenvalue weighted by Crippen LogP contribution is 2.22. The number of carbonyl (C=O) groups is 3. The largest absolute Gasteiger partial charge is 0.480 e. The molecule has 3 atom stereocenters. The minimum Gasteiger partial charge on any atom is -0.480 e. The molecule has 0 aromatic carbocycles. The van der Waals surface area contributed by atoms with Gasteiger partial charge in [-0.2, -0.15) is 12.6 Å². The Morgan fingerprint density at radius 1 is 1.41 bits per heavy atom. The number of rotatable bonds is 4. The van der Waals surface area contributed by atoms with Gasteiger partial charge in [0.25, 0.3) is 0 Å². The SMILES string of the molecule is CC(=O)C(S)[C@@H](C)C(=O)N1CCC[C@@H]1C(=O)O. The lowest BCUT2D eigenvalue weighted by molar-refractivity contribution is -0.149. The molecule has 1 saturated heterocycles. The Labute approximate surface area is 106 Å². The van der Waals surface area contributed by atoms with E-state index in [0.29, 0.717) is 19.4 Å². The number of ketones is 1. The number of thiol groups is 1. The van der Waals surface area contributed by atoms with Crippen LogP contribution in [0, 0.1) is 5.92 Å². The molecular formula is C11H17NO4S. The molecule has 96 valence electrons. The number of likely N-dealkylation sites (tertiary alicyclic amines) is 1. The molecule has 0 aromatic rings. The van der Waals surface area contributed by atoms with Crippen LogP contribution in [0.5, 0.6) is 0 Å². The minimum atomic E-state index is -0.985. The predicted octanol–water partition coefficient (Wildman–Crippen LogP) is 0.585. The van der Waals surface area contributed by atoms with E-state index in [9.17, 15) is 14.4 Å². The zero-order chi connectivity index (χ0) is 13.2. The third kappa shape index (κ3) is 3.00. The van der Waals surface area contributed by atoms with Crippen molar-refractivity contribution in [3.05, 3.63) is 0 Å². The summed E-state index contributed by atoms with van der Waals surface area (Å²) in [6.45, 7) is 3.43. The molecule has 1 amide bonds. The van der Waals surface area contributed by atoms with Crippen LogP contribution in [0.4, 0.5) is 0 Å². The topological polar surface area (TPSA) is 74.7 Å². The summed E-state index contributed by atoms with van der Waals surface area (Å²) in [6, 6.07) is -0.752. The van der Waals surface area contributed by atoms with Crippen LogP contribution in [0.3, 0.4) is 0 Å². The predicted molar refractivity (Wildman–Crippen MR) is 65.0 cm³/mol. The molecule has 1 N–H and O–H groups in total. The maximum atomic E-state index is 12.1. The maximum absolute atomic E-state index is 12.1. The van der Waals surface area contributed by atoms with Gasteiger partial charge in [0.05, 0.1) is 11.2 Å². The highest BCUT2D eigenvalue weighted by molar-refractivity contribution is 7.81. The van der Waals surface area contributed by atoms with Crippen LogP contribution in [0.2, 0.25) is 0 Å². The summed E-state index contributed by atoms with van der Waals surface area (Å²) < 4.78 is 0. The summed E-state index contributed by atoms with van der Waals surface area (Å²) in [6.07, 6.45) is 1.16. The average Bonchev–Trinajstić information content (AvgIpc) is 2.74. The number of Topliss-reactive ketones (excluding diaryl/α,β-unsaturated/α-hetero) is 1. The standard InChI is InChI=1S/C11H17NO4S/c1-6(9(17)7(2)13)10(14)12-5-3-4-8(12)11(15)16/h6,8-9,17H,3-5H2,1-2H3,(H,15,16)/t6-,8-,9?/m1/s1. The van der Waals surface area contributed by atoms with Gasteiger partial charge in [0.2, 0.25) is 5.91 Å². The van der Waals surface area contributed by atoms with Gasteiger partial charge in [-0.05, 0) is 19.8 Å². The fourth-order valence-electron chi connectivity index (χ4n) is 2.04. The van der Waals surface area contributed by atoms with Crippen LogP contribution < -0.4 is 0 Å². The van der Waals surface area contributed by atoms with E-state index in [1.165, 1.54) is 11.8 Å². The summed E-state index contributed by atoms with van der Waals surface area (Å²) in [7, 11) is 0. The van der Waals surface area contributed by atoms with E-state index in [2.05, 4.69) is 12.6 Å². The fourth-order valence-corrected chi connectivity index (χ4v) is 2.16. The zero-order valence-corrected chi connectivity index (χ0v) is 10.8. The van der Waals surface area contributed by atoms with Crippen molar-refractivity contribution < 1.29 is 19.5 Å². The van der Waals surface area contributed by atoms with Gasteiger partial charge in [-0.25, -0.2) is 4.79 Å². The molecular weight excluding hydrogens is 242 g/mol. The lowest BCUT2D eigenvalue weighted by Crippen LogP contribution is -2.45. The summed E-state index contributed by atoms with van der Waals surface area (Å²) in [4.78, 5) is 35.5. The maximum Gasteiger partial charge on any atom is 0.326 e. The van der Waals surface area contributed by atoms with Gasteiger partial charge in [0.15, 0.2) is 0 Å². The lowest BCUT2D eigenvalue weighted by atomic mass is 10.0. The van der Waals surface area contributed by atoms with Crippen molar-refractivity contribution in [2.45, 2.75) is 38.0 Å². The number of nitrogens with zero attached hydrogens (tertiary/aromatic N) is 1. The molecule has 1 rings (SSSR count). The van der Waals surface area contributed by atoms with Crippen molar-refractivity contribution in [3.63, 3.8) is 0 Å². The number of aliphatic carboxylic acids is 1. The van der Waals surface area contributed by atoms with Crippen molar-refractivity contribution in [2.24, 2.45) is 5.92 Å². The van der Waals surface area contributed by atoms with Gasteiger partial charge in [0, 0.05) is 6.54 Å². The van der Waals surface area contributed by atoms with Crippen LogP contribution in [-0.2, 0) is 14.4 Å². The van der Waals surface area contributed by atoms with Crippen LogP contribution >= 0.6 is 12.6 Å². The molecule has 0 aromatic heterocycles. The van der Waals surface area contributed by atoms with Crippen LogP contribution in [-0.4, -0.2) is 45.5 Å². The Bertz CT molecular complexity index is 344. The summed E-state index contributed by atoms with van der Waals surface area (Å²) in [5, 5.41) is 8.31. The molecule has 5 nitrogen and oxygen atoms in total. The number of hydrogen-bond acceptors (Lipinski definition) is 4. The normalized spacial score (nSPS) is 23.2. The van der Waals surface area contributed by atoms with Gasteiger partial charge in [-0.3, -0.25) is 9.59 Å². The Kier molecular flexibility index (Phi) is 4.56. The monoisotopic (exact) mass is 259 g/mol. The van der Waals surface area contributed by atoms with E-state index >= 15 is 0 Å². The van der Waals surface area contributed by atoms with Crippen molar-refractivity contribution >= 4 is 30.3 Å². The van der Waals surface area contributed by atoms with Crippen molar-refractivity contribution in [3.8, 4) is 0 Å². The average molecular weight is 259 g/mol. The number of carboxylic acids is 1. The molecule has 6 heteroatoms. The van der Waals surface area contributed by atoms with Crippen molar-refractivity contribution in [1.82, 2.24) is 4.90 Å². The molecule has 0 aliphatic carbocycles. The molecule has 0 spiro atoms. The number of hydrogen-bond donors (Lipinski definition) is 2. The fraction of sp³-hybridized carbons (Fsp3) is 0.727. The van der Waals surface area contributed by atoms with Crippen molar-refractivity contribution in [1.29, 1.82) is 0 Å². The highest BCUT2D eigenvalue weighted by Gasteiger charge is 2.38. The molecule has 0 saturated carbocycles. The molecule has 1 heterocycles. The van der Waals surface area contributed by atoms with E-state index in [0.717, 1.165) is 0 Å². The number of amides is 1. The quantitative estimate of drug-likeness (QED) is 0.724. The molecule has 1 aliphatic heterocycles. The van der Waals surface area contributed by atoms with Gasteiger partial charge in [-0.1, -0.05) is 6.92 Å². The van der Waals surface area contributed by atoms with E-state index in [1.54, 1.807) is 6.92 Å². The van der Waals surface area contributed by atoms with E-state index in [4.69, 9.17) is 5.11 Å². The van der Waals surface area contributed by atoms with Crippen molar-refractivity contribution in [2.75, 3.05) is 6.54 Å². The number of carbonyl (C=O) groups excluding carboxylic acids is 2. The van der Waals surface area contributed by atoms with Gasteiger partial charge in [0.1, 0.15) is 11.8 Å². The third-order valence-corrected chi connectivity index (χ3v) is 3.91. The Morgan fingerprint density at radius 2 is 2.00 bits per heavy atom. The minimum absolute atomic E-state index is 0.180. The van der Waals surface area contributed by atoms with Gasteiger partial charge < -0.3 is 10.0 Å². The molecule has 1 fully saturated rings. The van der Waals surface area contributed by atoms with Gasteiger partial charge in [-0.15, -0.1) is 0 Å². The first-order chi connectivity index (χ1) is 7.86. The zero-order valence-electron chi connectivity index (χ0n) is 9.92. The van der Waals surface area contributed by atoms with Crippen LogP contribution in [0.1, 0.15) is 26.7 Å². The first-order valence-corrected chi connectivity index (χ1v) is 6.09. The summed E-state index contributed by atoms with van der Waals surface area (Å²) in [5.41, 5.74) is 0. The third-order valence-electron chi connectivity index (χ3n) is 3.10.